The van der Waals surface area contributed by atoms with Gasteiger partial charge in [0.2, 0.25) is 0 Å². The molecule has 12 heteroatoms. The Kier molecular flexibility index (Phi) is 6.86. The average Bonchev–Trinajstić information content (AvgIpc) is 2.84. The van der Waals surface area contributed by atoms with Crippen LogP contribution in [0, 0.1) is 0 Å². The number of hydrogen-bond acceptors (Lipinski definition) is 6. The fourth-order valence-corrected chi connectivity index (χ4v) is 3.12. The van der Waals surface area contributed by atoms with E-state index in [0.29, 0.717) is 33.5 Å². The Bertz CT molecular complexity index is 1290. The molecule has 3 aromatic carbocycles. The highest BCUT2D eigenvalue weighted by Gasteiger charge is 2.30. The molecular formula is C24H16F6N6. The number of rotatable bonds is 6. The number of fused-ring (bicyclic) bond motifs is 1. The Labute approximate surface area is 200 Å². The van der Waals surface area contributed by atoms with Crippen LogP contribution in [0.25, 0.3) is 10.8 Å². The molecule has 0 saturated heterocycles. The Morgan fingerprint density at radius 1 is 0.556 bits per heavy atom. The Hall–Kier alpha value is -4.48. The van der Waals surface area contributed by atoms with E-state index < -0.39 is 23.5 Å². The van der Waals surface area contributed by atoms with Crippen molar-refractivity contribution >= 4 is 34.8 Å². The summed E-state index contributed by atoms with van der Waals surface area (Å²) >= 11 is 0. The van der Waals surface area contributed by atoms with Gasteiger partial charge >= 0.3 is 12.4 Å². The van der Waals surface area contributed by atoms with Gasteiger partial charge in [0.25, 0.3) is 0 Å². The normalized spacial score (nSPS) is 12.5. The van der Waals surface area contributed by atoms with Crippen LogP contribution in [0.4, 0.5) is 38.0 Å². The van der Waals surface area contributed by atoms with Gasteiger partial charge in [-0.2, -0.15) is 36.5 Å². The van der Waals surface area contributed by atoms with Crippen LogP contribution in [0.3, 0.4) is 0 Å². The van der Waals surface area contributed by atoms with Crippen LogP contribution in [0.1, 0.15) is 22.3 Å². The lowest BCUT2D eigenvalue weighted by Gasteiger charge is -2.08. The molecule has 6 nitrogen and oxygen atoms in total. The molecule has 0 aliphatic rings. The molecule has 0 aliphatic carbocycles. The molecule has 4 rings (SSSR count). The highest BCUT2D eigenvalue weighted by Crippen LogP contribution is 2.30. The number of nitrogens with zero attached hydrogens (tertiary/aromatic N) is 4. The summed E-state index contributed by atoms with van der Waals surface area (Å²) in [6, 6.07) is 16.1. The van der Waals surface area contributed by atoms with Crippen LogP contribution >= 0.6 is 0 Å². The number of hydrazone groups is 2. The zero-order valence-electron chi connectivity index (χ0n) is 18.1. The van der Waals surface area contributed by atoms with Gasteiger partial charge in [0, 0.05) is 10.8 Å². The first kappa shape index (κ1) is 24.6. The molecule has 2 N–H and O–H groups in total. The summed E-state index contributed by atoms with van der Waals surface area (Å²) in [5.41, 5.74) is 4.83. The first-order valence-corrected chi connectivity index (χ1v) is 10.3. The minimum absolute atomic E-state index is 0.297. The Balaban J connectivity index is 1.47. The minimum Gasteiger partial charge on any atom is -0.259 e. The number of hydrogen-bond donors (Lipinski definition) is 2. The second-order valence-corrected chi connectivity index (χ2v) is 7.42. The van der Waals surface area contributed by atoms with Crippen molar-refractivity contribution in [3.05, 3.63) is 95.1 Å². The SMILES string of the molecule is FC(F)(F)c1ccc(C=NNc2nnc(NN=Cc3ccc(C(F)(F)F)cc3)c3ccccc23)cc1. The van der Waals surface area contributed by atoms with Crippen molar-refractivity contribution in [3.63, 3.8) is 0 Å². The van der Waals surface area contributed by atoms with E-state index in [0.717, 1.165) is 24.3 Å². The molecular weight excluding hydrogens is 486 g/mol. The lowest BCUT2D eigenvalue weighted by Crippen LogP contribution is -2.04. The van der Waals surface area contributed by atoms with E-state index in [2.05, 4.69) is 31.3 Å². The van der Waals surface area contributed by atoms with Gasteiger partial charge < -0.3 is 0 Å². The largest absolute Gasteiger partial charge is 0.416 e. The lowest BCUT2D eigenvalue weighted by atomic mass is 10.1. The first-order valence-electron chi connectivity index (χ1n) is 10.3. The van der Waals surface area contributed by atoms with Gasteiger partial charge in [-0.3, -0.25) is 10.9 Å². The van der Waals surface area contributed by atoms with Crippen LogP contribution in [0.15, 0.2) is 83.0 Å². The number of nitrogens with one attached hydrogen (secondary N) is 2. The van der Waals surface area contributed by atoms with Crippen molar-refractivity contribution in [2.24, 2.45) is 10.2 Å². The third-order valence-corrected chi connectivity index (χ3v) is 4.93. The summed E-state index contributed by atoms with van der Waals surface area (Å²) in [7, 11) is 0. The van der Waals surface area contributed by atoms with Crippen molar-refractivity contribution in [2.45, 2.75) is 12.4 Å². The quantitative estimate of drug-likeness (QED) is 0.178. The fourth-order valence-electron chi connectivity index (χ4n) is 3.12. The summed E-state index contributed by atoms with van der Waals surface area (Å²) in [5, 5.41) is 17.4. The van der Waals surface area contributed by atoms with Crippen molar-refractivity contribution < 1.29 is 26.3 Å². The van der Waals surface area contributed by atoms with Crippen molar-refractivity contribution in [3.8, 4) is 0 Å². The molecule has 0 atom stereocenters. The molecule has 0 fully saturated rings. The molecule has 0 unspecified atom stereocenters. The van der Waals surface area contributed by atoms with Gasteiger partial charge in [0.05, 0.1) is 23.6 Å². The van der Waals surface area contributed by atoms with Crippen LogP contribution in [-0.2, 0) is 12.4 Å². The standard InChI is InChI=1S/C24H16F6N6/c25-23(26,27)17-9-5-15(6-10-17)13-31-33-21-19-3-1-2-4-20(19)22(36-35-21)34-32-14-16-7-11-18(12-8-16)24(28,29)30/h1-14H,(H,33,35)(H,34,36). The van der Waals surface area contributed by atoms with E-state index in [9.17, 15) is 26.3 Å². The number of anilines is 2. The number of aromatic nitrogens is 2. The third-order valence-electron chi connectivity index (χ3n) is 4.93. The van der Waals surface area contributed by atoms with Crippen LogP contribution in [0.5, 0.6) is 0 Å². The van der Waals surface area contributed by atoms with Crippen LogP contribution in [0.2, 0.25) is 0 Å². The molecule has 0 bridgehead atoms. The smallest absolute Gasteiger partial charge is 0.259 e. The maximum Gasteiger partial charge on any atom is 0.416 e. The molecule has 184 valence electrons. The molecule has 36 heavy (non-hydrogen) atoms. The minimum atomic E-state index is -4.42. The van der Waals surface area contributed by atoms with E-state index in [1.807, 2.05) is 0 Å². The zero-order chi connectivity index (χ0) is 25.8. The average molecular weight is 502 g/mol. The second kappa shape index (κ2) is 10.0. The topological polar surface area (TPSA) is 74.6 Å². The van der Waals surface area contributed by atoms with Crippen molar-refractivity contribution in [2.75, 3.05) is 10.9 Å². The highest BCUT2D eigenvalue weighted by molar-refractivity contribution is 5.98. The van der Waals surface area contributed by atoms with Crippen LogP contribution < -0.4 is 10.9 Å². The third kappa shape index (κ3) is 5.95. The zero-order valence-corrected chi connectivity index (χ0v) is 18.1. The molecule has 4 aromatic rings. The van der Waals surface area contributed by atoms with E-state index in [1.54, 1.807) is 24.3 Å². The summed E-state index contributed by atoms with van der Waals surface area (Å²) < 4.78 is 76.1. The maximum absolute atomic E-state index is 12.7. The summed E-state index contributed by atoms with van der Waals surface area (Å²) in [4.78, 5) is 0. The maximum atomic E-state index is 12.7. The van der Waals surface area contributed by atoms with E-state index in [1.165, 1.54) is 36.7 Å². The van der Waals surface area contributed by atoms with Gasteiger partial charge in [0.15, 0.2) is 11.6 Å². The molecule has 0 spiro atoms. The molecule has 1 aromatic heterocycles. The van der Waals surface area contributed by atoms with Crippen molar-refractivity contribution in [1.29, 1.82) is 0 Å². The van der Waals surface area contributed by atoms with Gasteiger partial charge in [-0.1, -0.05) is 48.5 Å². The van der Waals surface area contributed by atoms with E-state index >= 15 is 0 Å². The van der Waals surface area contributed by atoms with Gasteiger partial charge in [-0.15, -0.1) is 10.2 Å². The lowest BCUT2D eigenvalue weighted by molar-refractivity contribution is -0.138. The second-order valence-electron chi connectivity index (χ2n) is 7.42. The predicted molar refractivity (Wildman–Crippen MR) is 125 cm³/mol. The van der Waals surface area contributed by atoms with E-state index in [4.69, 9.17) is 0 Å². The number of halogens is 6. The summed E-state index contributed by atoms with van der Waals surface area (Å²) in [5.74, 6) is 0.595. The van der Waals surface area contributed by atoms with Gasteiger partial charge in [0.1, 0.15) is 0 Å². The monoisotopic (exact) mass is 502 g/mol. The highest BCUT2D eigenvalue weighted by atomic mass is 19.4. The number of benzene rings is 3. The molecule has 0 radical (unpaired) electrons. The molecule has 1 heterocycles. The Morgan fingerprint density at radius 2 is 0.917 bits per heavy atom. The summed E-state index contributed by atoms with van der Waals surface area (Å²) in [6.07, 6.45) is -6.14. The fraction of sp³-hybridized carbons (Fsp3) is 0.0833. The van der Waals surface area contributed by atoms with Crippen molar-refractivity contribution in [1.82, 2.24) is 10.2 Å². The number of alkyl halides is 6. The van der Waals surface area contributed by atoms with Gasteiger partial charge in [-0.05, 0) is 35.4 Å². The molecule has 0 saturated carbocycles. The molecule has 0 aliphatic heterocycles. The predicted octanol–water partition coefficient (Wildman–Crippen LogP) is 6.56. The van der Waals surface area contributed by atoms with Crippen LogP contribution in [-0.4, -0.2) is 22.6 Å². The first-order chi connectivity index (χ1) is 17.1. The van der Waals surface area contributed by atoms with Gasteiger partial charge in [-0.25, -0.2) is 0 Å². The van der Waals surface area contributed by atoms with E-state index in [-0.39, 0.29) is 0 Å². The molecule has 0 amide bonds. The summed E-state index contributed by atoms with van der Waals surface area (Å²) in [6.45, 7) is 0. The Morgan fingerprint density at radius 3 is 1.25 bits per heavy atom.